The Morgan fingerprint density at radius 1 is 0.900 bits per heavy atom. The number of hydrogen-bond donors (Lipinski definition) is 1. The summed E-state index contributed by atoms with van der Waals surface area (Å²) in [6.07, 6.45) is 0. The summed E-state index contributed by atoms with van der Waals surface area (Å²) in [5.74, 6) is -0.991. The van der Waals surface area contributed by atoms with Gasteiger partial charge in [0.1, 0.15) is 12.4 Å². The Kier molecular flexibility index (Phi) is 6.22. The van der Waals surface area contributed by atoms with Crippen LogP contribution < -0.4 is 9.62 Å². The number of halogens is 1. The molecule has 3 aromatic rings. The van der Waals surface area contributed by atoms with E-state index in [0.29, 0.717) is 5.69 Å². The highest BCUT2D eigenvalue weighted by Crippen LogP contribution is 2.25. The second-order valence-corrected chi connectivity index (χ2v) is 9.03. The Morgan fingerprint density at radius 2 is 1.50 bits per heavy atom. The minimum Gasteiger partial charge on any atom is -0.324 e. The number of benzene rings is 3. The third kappa shape index (κ3) is 4.86. The molecule has 0 saturated heterocycles. The van der Waals surface area contributed by atoms with Gasteiger partial charge >= 0.3 is 0 Å². The molecule has 0 atom stereocenters. The van der Waals surface area contributed by atoms with Crippen molar-refractivity contribution < 1.29 is 17.6 Å². The van der Waals surface area contributed by atoms with E-state index in [1.807, 2.05) is 39.0 Å². The van der Waals surface area contributed by atoms with Gasteiger partial charge in [-0.25, -0.2) is 12.8 Å². The van der Waals surface area contributed by atoms with E-state index in [9.17, 15) is 17.6 Å². The highest BCUT2D eigenvalue weighted by atomic mass is 32.2. The summed E-state index contributed by atoms with van der Waals surface area (Å²) in [4.78, 5) is 12.8. The van der Waals surface area contributed by atoms with Crippen LogP contribution in [0.2, 0.25) is 0 Å². The van der Waals surface area contributed by atoms with E-state index in [2.05, 4.69) is 5.32 Å². The third-order valence-corrected chi connectivity index (χ3v) is 6.47. The fourth-order valence-electron chi connectivity index (χ4n) is 2.95. The topological polar surface area (TPSA) is 66.5 Å². The Labute approximate surface area is 176 Å². The first kappa shape index (κ1) is 21.5. The fourth-order valence-corrected chi connectivity index (χ4v) is 4.37. The molecule has 0 saturated carbocycles. The van der Waals surface area contributed by atoms with Crippen LogP contribution in [-0.2, 0) is 14.8 Å². The molecule has 0 radical (unpaired) electrons. The number of rotatable bonds is 6. The van der Waals surface area contributed by atoms with Gasteiger partial charge in [0, 0.05) is 5.69 Å². The molecule has 7 heteroatoms. The van der Waals surface area contributed by atoms with Crippen LogP contribution in [0, 0.1) is 26.6 Å². The van der Waals surface area contributed by atoms with Crippen molar-refractivity contribution in [1.82, 2.24) is 0 Å². The Balaban J connectivity index is 1.95. The number of hydrogen-bond acceptors (Lipinski definition) is 3. The molecule has 1 N–H and O–H groups in total. The lowest BCUT2D eigenvalue weighted by Gasteiger charge is -2.24. The van der Waals surface area contributed by atoms with Crippen LogP contribution in [-0.4, -0.2) is 20.9 Å². The smallest absolute Gasteiger partial charge is 0.264 e. The van der Waals surface area contributed by atoms with Crippen LogP contribution >= 0.6 is 0 Å². The van der Waals surface area contributed by atoms with Crippen molar-refractivity contribution in [3.8, 4) is 0 Å². The molecule has 0 aliphatic carbocycles. The zero-order chi connectivity index (χ0) is 21.9. The highest BCUT2D eigenvalue weighted by Gasteiger charge is 2.27. The number of carbonyl (C=O) groups is 1. The Morgan fingerprint density at radius 3 is 2.13 bits per heavy atom. The van der Waals surface area contributed by atoms with E-state index in [0.717, 1.165) is 33.1 Å². The molecule has 0 heterocycles. The summed E-state index contributed by atoms with van der Waals surface area (Å²) in [6.45, 7) is 5.17. The van der Waals surface area contributed by atoms with Crippen LogP contribution in [0.15, 0.2) is 71.6 Å². The van der Waals surface area contributed by atoms with Gasteiger partial charge < -0.3 is 5.32 Å². The van der Waals surface area contributed by atoms with Crippen LogP contribution in [0.25, 0.3) is 0 Å². The van der Waals surface area contributed by atoms with Crippen molar-refractivity contribution in [3.63, 3.8) is 0 Å². The van der Waals surface area contributed by atoms with Gasteiger partial charge in [0.25, 0.3) is 10.0 Å². The van der Waals surface area contributed by atoms with Gasteiger partial charge in [-0.1, -0.05) is 29.8 Å². The number of nitrogens with one attached hydrogen (secondary N) is 1. The van der Waals surface area contributed by atoms with Gasteiger partial charge in [-0.3, -0.25) is 9.10 Å². The van der Waals surface area contributed by atoms with E-state index in [1.54, 1.807) is 12.1 Å². The molecule has 0 aromatic heterocycles. The van der Waals surface area contributed by atoms with Gasteiger partial charge in [0.15, 0.2) is 0 Å². The van der Waals surface area contributed by atoms with Crippen molar-refractivity contribution in [2.45, 2.75) is 25.7 Å². The highest BCUT2D eigenvalue weighted by molar-refractivity contribution is 7.92. The first-order chi connectivity index (χ1) is 14.2. The van der Waals surface area contributed by atoms with Crippen LogP contribution in [0.1, 0.15) is 16.7 Å². The maximum absolute atomic E-state index is 13.4. The third-order valence-electron chi connectivity index (χ3n) is 4.68. The predicted octanol–water partition coefficient (Wildman–Crippen LogP) is 4.58. The van der Waals surface area contributed by atoms with Crippen LogP contribution in [0.3, 0.4) is 0 Å². The average molecular weight is 427 g/mol. The summed E-state index contributed by atoms with van der Waals surface area (Å²) in [6, 6.07) is 17.0. The quantitative estimate of drug-likeness (QED) is 0.627. The molecular weight excluding hydrogens is 403 g/mol. The molecule has 3 rings (SSSR count). The van der Waals surface area contributed by atoms with Crippen molar-refractivity contribution >= 4 is 27.3 Å². The summed E-state index contributed by atoms with van der Waals surface area (Å²) in [5, 5.41) is 2.78. The number of nitrogens with zero attached hydrogens (tertiary/aromatic N) is 1. The maximum atomic E-state index is 13.4. The molecule has 0 aliphatic rings. The van der Waals surface area contributed by atoms with E-state index in [-0.39, 0.29) is 10.6 Å². The van der Waals surface area contributed by atoms with Crippen LogP contribution in [0.5, 0.6) is 0 Å². The molecule has 0 bridgehead atoms. The fraction of sp³-hybridized carbons (Fsp3) is 0.174. The van der Waals surface area contributed by atoms with Crippen molar-refractivity contribution in [3.05, 3.63) is 89.2 Å². The number of sulfonamides is 1. The SMILES string of the molecule is Cc1ccc(S(=O)(=O)N(CC(=O)Nc2cc(C)ccc2C)c2ccc(F)cc2)cc1. The van der Waals surface area contributed by atoms with Gasteiger partial charge in [-0.15, -0.1) is 0 Å². The lowest BCUT2D eigenvalue weighted by molar-refractivity contribution is -0.114. The average Bonchev–Trinajstić information content (AvgIpc) is 2.70. The van der Waals surface area contributed by atoms with E-state index < -0.39 is 28.3 Å². The summed E-state index contributed by atoms with van der Waals surface area (Å²) >= 11 is 0. The number of aryl methyl sites for hydroxylation is 3. The lowest BCUT2D eigenvalue weighted by atomic mass is 10.1. The monoisotopic (exact) mass is 426 g/mol. The number of anilines is 2. The Hall–Kier alpha value is -3.19. The Bertz CT molecular complexity index is 1160. The largest absolute Gasteiger partial charge is 0.324 e. The van der Waals surface area contributed by atoms with Crippen molar-refractivity contribution in [2.24, 2.45) is 0 Å². The summed E-state index contributed by atoms with van der Waals surface area (Å²) in [5.41, 5.74) is 3.57. The second-order valence-electron chi connectivity index (χ2n) is 7.17. The van der Waals surface area contributed by atoms with E-state index >= 15 is 0 Å². The molecule has 0 spiro atoms. The van der Waals surface area contributed by atoms with Gasteiger partial charge in [-0.2, -0.15) is 0 Å². The normalized spacial score (nSPS) is 11.2. The minimum absolute atomic E-state index is 0.0527. The predicted molar refractivity (Wildman–Crippen MR) is 117 cm³/mol. The first-order valence-electron chi connectivity index (χ1n) is 9.39. The van der Waals surface area contributed by atoms with Crippen LogP contribution in [0.4, 0.5) is 15.8 Å². The maximum Gasteiger partial charge on any atom is 0.264 e. The van der Waals surface area contributed by atoms with E-state index in [4.69, 9.17) is 0 Å². The molecule has 0 unspecified atom stereocenters. The van der Waals surface area contributed by atoms with Crippen molar-refractivity contribution in [1.29, 1.82) is 0 Å². The number of amides is 1. The summed E-state index contributed by atoms with van der Waals surface area (Å²) in [7, 11) is -4.04. The van der Waals surface area contributed by atoms with Gasteiger partial charge in [-0.05, 0) is 74.4 Å². The second kappa shape index (κ2) is 8.67. The molecule has 156 valence electrons. The summed E-state index contributed by atoms with van der Waals surface area (Å²) < 4.78 is 41.0. The molecule has 30 heavy (non-hydrogen) atoms. The van der Waals surface area contributed by atoms with Gasteiger partial charge in [0.2, 0.25) is 5.91 Å². The standard InChI is InChI=1S/C23H23FN2O3S/c1-16-5-12-21(13-6-16)30(28,29)26(20-10-8-19(24)9-11-20)15-23(27)25-22-14-17(2)4-7-18(22)3/h4-14H,15H2,1-3H3,(H,25,27). The molecule has 0 fully saturated rings. The molecule has 0 aliphatic heterocycles. The molecular formula is C23H23FN2O3S. The minimum atomic E-state index is -4.04. The zero-order valence-electron chi connectivity index (χ0n) is 17.0. The number of carbonyl (C=O) groups excluding carboxylic acids is 1. The van der Waals surface area contributed by atoms with E-state index in [1.165, 1.54) is 24.3 Å². The zero-order valence-corrected chi connectivity index (χ0v) is 17.8. The molecule has 5 nitrogen and oxygen atoms in total. The first-order valence-corrected chi connectivity index (χ1v) is 10.8. The van der Waals surface area contributed by atoms with Crippen molar-refractivity contribution in [2.75, 3.05) is 16.2 Å². The van der Waals surface area contributed by atoms with Gasteiger partial charge in [0.05, 0.1) is 10.6 Å². The molecule has 3 aromatic carbocycles. The lowest BCUT2D eigenvalue weighted by Crippen LogP contribution is -2.38. The molecule has 1 amide bonds.